The lowest BCUT2D eigenvalue weighted by Gasteiger charge is -2.01. The monoisotopic (exact) mass is 286 g/mol. The van der Waals surface area contributed by atoms with Gasteiger partial charge in [-0.2, -0.15) is 0 Å². The van der Waals surface area contributed by atoms with Crippen molar-refractivity contribution in [3.63, 3.8) is 0 Å². The summed E-state index contributed by atoms with van der Waals surface area (Å²) in [5.41, 5.74) is 3.66. The molecule has 1 aromatic heterocycles. The Balaban J connectivity index is 2.97. The molecule has 0 saturated carbocycles. The summed E-state index contributed by atoms with van der Waals surface area (Å²) in [4.78, 5) is 4.47. The fourth-order valence-electron chi connectivity index (χ4n) is 1.48. The highest BCUT2D eigenvalue weighted by atomic mass is 127. The summed E-state index contributed by atoms with van der Waals surface area (Å²) in [7, 11) is 2.06. The molecule has 0 saturated heterocycles. The number of aromatic nitrogens is 2. The summed E-state index contributed by atoms with van der Waals surface area (Å²) >= 11 is 2.38. The average molecular weight is 286 g/mol. The van der Waals surface area contributed by atoms with Gasteiger partial charge in [-0.25, -0.2) is 4.98 Å². The van der Waals surface area contributed by atoms with Gasteiger partial charge in [-0.05, 0) is 48.1 Å². The maximum Gasteiger partial charge on any atom is 0.106 e. The number of nitrogens with zero attached hydrogens (tertiary/aromatic N) is 2. The molecule has 0 spiro atoms. The number of hydrogen-bond acceptors (Lipinski definition) is 1. The van der Waals surface area contributed by atoms with Gasteiger partial charge < -0.3 is 4.57 Å². The Morgan fingerprint density at radius 1 is 1.31 bits per heavy atom. The highest BCUT2D eigenvalue weighted by Gasteiger charge is 2.08. The van der Waals surface area contributed by atoms with Crippen LogP contribution in [0.15, 0.2) is 12.1 Å². The first-order valence-electron chi connectivity index (χ1n) is 4.19. The molecule has 0 atom stereocenters. The van der Waals surface area contributed by atoms with Gasteiger partial charge in [0.25, 0.3) is 0 Å². The standard InChI is InChI=1S/C10H11IN2/c1-6-4-5-8-10(9(6)11)13(3)7(2)12-8/h4-5H,1-3H3. The normalized spacial score (nSPS) is 11.1. The molecule has 3 heteroatoms. The van der Waals surface area contributed by atoms with Gasteiger partial charge in [0.15, 0.2) is 0 Å². The van der Waals surface area contributed by atoms with E-state index in [0.29, 0.717) is 0 Å². The molecule has 0 aliphatic heterocycles. The minimum absolute atomic E-state index is 1.07. The van der Waals surface area contributed by atoms with E-state index in [-0.39, 0.29) is 0 Å². The molecule has 0 radical (unpaired) electrons. The number of aryl methyl sites for hydroxylation is 3. The molecule has 0 amide bonds. The quantitative estimate of drug-likeness (QED) is 0.681. The number of fused-ring (bicyclic) bond motifs is 1. The minimum Gasteiger partial charge on any atom is -0.330 e. The van der Waals surface area contributed by atoms with Crippen molar-refractivity contribution < 1.29 is 0 Å². The van der Waals surface area contributed by atoms with E-state index in [1.165, 1.54) is 14.7 Å². The molecule has 2 rings (SSSR count). The predicted molar refractivity (Wildman–Crippen MR) is 62.9 cm³/mol. The van der Waals surface area contributed by atoms with Crippen LogP contribution in [0.3, 0.4) is 0 Å². The number of hydrogen-bond donors (Lipinski definition) is 0. The molecule has 1 aromatic carbocycles. The molecular weight excluding hydrogens is 275 g/mol. The largest absolute Gasteiger partial charge is 0.330 e. The van der Waals surface area contributed by atoms with E-state index in [9.17, 15) is 0 Å². The lowest BCUT2D eigenvalue weighted by Crippen LogP contribution is -1.93. The Labute approximate surface area is 91.1 Å². The zero-order valence-corrected chi connectivity index (χ0v) is 10.1. The van der Waals surface area contributed by atoms with Gasteiger partial charge in [0.05, 0.1) is 11.0 Å². The van der Waals surface area contributed by atoms with Crippen LogP contribution in [-0.2, 0) is 7.05 Å². The fourth-order valence-corrected chi connectivity index (χ4v) is 2.29. The number of rotatable bonds is 0. The van der Waals surface area contributed by atoms with Gasteiger partial charge in [-0.3, -0.25) is 0 Å². The Hall–Kier alpha value is -0.580. The SMILES string of the molecule is Cc1ccc2nc(C)n(C)c2c1I. The Bertz CT molecular complexity index is 471. The van der Waals surface area contributed by atoms with Crippen LogP contribution in [0.4, 0.5) is 0 Å². The minimum atomic E-state index is 1.07. The lowest BCUT2D eigenvalue weighted by atomic mass is 10.2. The van der Waals surface area contributed by atoms with Gasteiger partial charge in [-0.1, -0.05) is 6.07 Å². The first-order valence-corrected chi connectivity index (χ1v) is 5.27. The maximum absolute atomic E-state index is 4.47. The second kappa shape index (κ2) is 2.97. The van der Waals surface area contributed by atoms with Crippen LogP contribution in [0.25, 0.3) is 11.0 Å². The molecule has 0 fully saturated rings. The van der Waals surface area contributed by atoms with Crippen molar-refractivity contribution >= 4 is 33.6 Å². The molecule has 2 aromatic rings. The van der Waals surface area contributed by atoms with Crippen LogP contribution in [0.5, 0.6) is 0 Å². The van der Waals surface area contributed by atoms with Crippen LogP contribution < -0.4 is 0 Å². The predicted octanol–water partition coefficient (Wildman–Crippen LogP) is 2.79. The van der Waals surface area contributed by atoms with E-state index in [2.05, 4.69) is 58.2 Å². The highest BCUT2D eigenvalue weighted by Crippen LogP contribution is 2.23. The van der Waals surface area contributed by atoms with Crippen molar-refractivity contribution in [1.29, 1.82) is 0 Å². The van der Waals surface area contributed by atoms with E-state index < -0.39 is 0 Å². The molecule has 1 heterocycles. The van der Waals surface area contributed by atoms with Crippen molar-refractivity contribution in [1.82, 2.24) is 9.55 Å². The van der Waals surface area contributed by atoms with Crippen molar-refractivity contribution in [3.8, 4) is 0 Å². The van der Waals surface area contributed by atoms with Crippen LogP contribution in [0, 0.1) is 17.4 Å². The second-order valence-electron chi connectivity index (χ2n) is 3.28. The number of imidazole rings is 1. The van der Waals surface area contributed by atoms with E-state index in [4.69, 9.17) is 0 Å². The highest BCUT2D eigenvalue weighted by molar-refractivity contribution is 14.1. The van der Waals surface area contributed by atoms with Crippen LogP contribution >= 0.6 is 22.6 Å². The summed E-state index contributed by atoms with van der Waals surface area (Å²) in [6.07, 6.45) is 0. The third kappa shape index (κ3) is 1.25. The van der Waals surface area contributed by atoms with Gasteiger partial charge in [0, 0.05) is 10.6 Å². The van der Waals surface area contributed by atoms with Gasteiger partial charge >= 0.3 is 0 Å². The molecule has 0 N–H and O–H groups in total. The van der Waals surface area contributed by atoms with Gasteiger partial charge in [0.2, 0.25) is 0 Å². The number of benzene rings is 1. The third-order valence-corrected chi connectivity index (χ3v) is 3.75. The third-order valence-electron chi connectivity index (χ3n) is 2.39. The Kier molecular flexibility index (Phi) is 2.06. The summed E-state index contributed by atoms with van der Waals surface area (Å²) in [6.45, 7) is 4.16. The Morgan fingerprint density at radius 2 is 2.00 bits per heavy atom. The first-order chi connectivity index (χ1) is 6.11. The van der Waals surface area contributed by atoms with E-state index in [1.807, 2.05) is 6.92 Å². The van der Waals surface area contributed by atoms with E-state index in [1.54, 1.807) is 0 Å². The summed E-state index contributed by atoms with van der Waals surface area (Å²) in [5, 5.41) is 0. The summed E-state index contributed by atoms with van der Waals surface area (Å²) in [5.74, 6) is 1.07. The van der Waals surface area contributed by atoms with E-state index in [0.717, 1.165) is 11.3 Å². The smallest absolute Gasteiger partial charge is 0.106 e. The summed E-state index contributed by atoms with van der Waals surface area (Å²) in [6, 6.07) is 4.20. The molecule has 13 heavy (non-hydrogen) atoms. The van der Waals surface area contributed by atoms with Crippen LogP contribution in [0.1, 0.15) is 11.4 Å². The molecule has 0 bridgehead atoms. The zero-order chi connectivity index (χ0) is 9.59. The topological polar surface area (TPSA) is 17.8 Å². The number of halogens is 1. The van der Waals surface area contributed by atoms with Gasteiger partial charge in [0.1, 0.15) is 5.82 Å². The molecule has 2 nitrogen and oxygen atoms in total. The molecular formula is C10H11IN2. The second-order valence-corrected chi connectivity index (χ2v) is 4.36. The van der Waals surface area contributed by atoms with Crippen molar-refractivity contribution in [2.75, 3.05) is 0 Å². The molecule has 0 aliphatic carbocycles. The lowest BCUT2D eigenvalue weighted by molar-refractivity contribution is 0.884. The summed E-state index contributed by atoms with van der Waals surface area (Å²) < 4.78 is 3.45. The fraction of sp³-hybridized carbons (Fsp3) is 0.300. The van der Waals surface area contributed by atoms with Crippen LogP contribution in [-0.4, -0.2) is 9.55 Å². The maximum atomic E-state index is 4.47. The van der Waals surface area contributed by atoms with Crippen molar-refractivity contribution in [3.05, 3.63) is 27.1 Å². The van der Waals surface area contributed by atoms with Crippen molar-refractivity contribution in [2.24, 2.45) is 7.05 Å². The molecule has 0 unspecified atom stereocenters. The van der Waals surface area contributed by atoms with Gasteiger partial charge in [-0.15, -0.1) is 0 Å². The van der Waals surface area contributed by atoms with Crippen LogP contribution in [0.2, 0.25) is 0 Å². The molecule has 0 aliphatic rings. The molecule has 68 valence electrons. The zero-order valence-electron chi connectivity index (χ0n) is 7.93. The van der Waals surface area contributed by atoms with Crippen molar-refractivity contribution in [2.45, 2.75) is 13.8 Å². The van der Waals surface area contributed by atoms with E-state index >= 15 is 0 Å². The Morgan fingerprint density at radius 3 is 2.69 bits per heavy atom. The average Bonchev–Trinajstić information content (AvgIpc) is 2.37. The first kappa shape index (κ1) is 8.99.